The van der Waals surface area contributed by atoms with Crippen molar-refractivity contribution >= 4 is 22.7 Å². The number of hydrogen-bond donors (Lipinski definition) is 2. The first kappa shape index (κ1) is 14.6. The van der Waals surface area contributed by atoms with Crippen LogP contribution in [0, 0.1) is 12.8 Å². The molecule has 5 nitrogen and oxygen atoms in total. The molecule has 1 aromatic heterocycles. The molecule has 0 aliphatic carbocycles. The normalized spacial score (nSPS) is 17.7. The molecule has 0 spiro atoms. The van der Waals surface area contributed by atoms with Gasteiger partial charge < -0.3 is 4.98 Å². The standard InChI is InChI=1S/C19H18N4O/c1-11-3-5-13(6-4-11)19-20-15-8-7-14(10-16(15)21-19)18-12(2)9-17(24)22-23-18/h3-8,10,12H,9H2,1-2H3,(H,20,21)(H,22,24). The Hall–Kier alpha value is -2.95. The number of aromatic amines is 1. The van der Waals surface area contributed by atoms with Crippen molar-refractivity contribution in [3.63, 3.8) is 0 Å². The van der Waals surface area contributed by atoms with Gasteiger partial charge in [0, 0.05) is 23.5 Å². The molecule has 0 radical (unpaired) electrons. The van der Waals surface area contributed by atoms with E-state index in [0.717, 1.165) is 33.7 Å². The molecule has 1 aliphatic heterocycles. The van der Waals surface area contributed by atoms with Crippen LogP contribution in [0.3, 0.4) is 0 Å². The number of carbonyl (C=O) groups excluding carboxylic acids is 1. The highest BCUT2D eigenvalue weighted by Gasteiger charge is 2.22. The van der Waals surface area contributed by atoms with Gasteiger partial charge in [-0.1, -0.05) is 42.8 Å². The van der Waals surface area contributed by atoms with Gasteiger partial charge in [-0.25, -0.2) is 10.4 Å². The molecule has 4 rings (SSSR count). The van der Waals surface area contributed by atoms with Crippen molar-refractivity contribution in [3.05, 3.63) is 53.6 Å². The molecule has 0 bridgehead atoms. The number of rotatable bonds is 2. The highest BCUT2D eigenvalue weighted by Crippen LogP contribution is 2.24. The zero-order chi connectivity index (χ0) is 16.7. The fourth-order valence-corrected chi connectivity index (χ4v) is 3.02. The zero-order valence-electron chi connectivity index (χ0n) is 13.6. The van der Waals surface area contributed by atoms with E-state index >= 15 is 0 Å². The minimum absolute atomic E-state index is 0.0319. The van der Waals surface area contributed by atoms with Crippen molar-refractivity contribution in [1.82, 2.24) is 15.4 Å². The second kappa shape index (κ2) is 5.60. The van der Waals surface area contributed by atoms with Crippen LogP contribution < -0.4 is 5.43 Å². The lowest BCUT2D eigenvalue weighted by Crippen LogP contribution is -2.31. The van der Waals surface area contributed by atoms with Crippen LogP contribution in [0.2, 0.25) is 0 Å². The van der Waals surface area contributed by atoms with Gasteiger partial charge in [-0.2, -0.15) is 5.10 Å². The number of benzene rings is 2. The van der Waals surface area contributed by atoms with Gasteiger partial charge >= 0.3 is 0 Å². The number of nitrogens with one attached hydrogen (secondary N) is 2. The number of hydrazone groups is 1. The molecule has 3 aromatic rings. The summed E-state index contributed by atoms with van der Waals surface area (Å²) in [4.78, 5) is 19.5. The SMILES string of the molecule is Cc1ccc(-c2nc3ccc(C4=NNC(=O)CC4C)cc3[nH]2)cc1. The number of H-pyrrole nitrogens is 1. The van der Waals surface area contributed by atoms with Gasteiger partial charge in [0.2, 0.25) is 5.91 Å². The quantitative estimate of drug-likeness (QED) is 0.760. The molecule has 2 aromatic carbocycles. The maximum absolute atomic E-state index is 11.4. The summed E-state index contributed by atoms with van der Waals surface area (Å²) in [5.74, 6) is 0.931. The van der Waals surface area contributed by atoms with Crippen LogP contribution in [0.15, 0.2) is 47.6 Å². The Kier molecular flexibility index (Phi) is 3.41. The molecule has 2 N–H and O–H groups in total. The Balaban J connectivity index is 1.74. The average molecular weight is 318 g/mol. The minimum atomic E-state index is -0.0319. The fraction of sp³-hybridized carbons (Fsp3) is 0.211. The summed E-state index contributed by atoms with van der Waals surface area (Å²) in [5.41, 5.74) is 8.66. The van der Waals surface area contributed by atoms with Gasteiger partial charge in [-0.3, -0.25) is 4.79 Å². The lowest BCUT2D eigenvalue weighted by molar-refractivity contribution is -0.121. The molecular weight excluding hydrogens is 300 g/mol. The summed E-state index contributed by atoms with van der Waals surface area (Å²) in [6.45, 7) is 4.09. The van der Waals surface area contributed by atoms with Crippen LogP contribution in [0.5, 0.6) is 0 Å². The summed E-state index contributed by atoms with van der Waals surface area (Å²) in [5, 5.41) is 4.23. The molecule has 120 valence electrons. The third kappa shape index (κ3) is 2.58. The van der Waals surface area contributed by atoms with E-state index < -0.39 is 0 Å². The summed E-state index contributed by atoms with van der Waals surface area (Å²) in [7, 11) is 0. The Bertz CT molecular complexity index is 953. The maximum Gasteiger partial charge on any atom is 0.240 e. The lowest BCUT2D eigenvalue weighted by atomic mass is 9.94. The fourth-order valence-electron chi connectivity index (χ4n) is 3.02. The highest BCUT2D eigenvalue weighted by atomic mass is 16.2. The topological polar surface area (TPSA) is 70.1 Å². The van der Waals surface area contributed by atoms with Crippen LogP contribution in [0.25, 0.3) is 22.4 Å². The molecule has 1 atom stereocenters. The van der Waals surface area contributed by atoms with Crippen molar-refractivity contribution in [3.8, 4) is 11.4 Å². The second-order valence-electron chi connectivity index (χ2n) is 6.32. The zero-order valence-corrected chi connectivity index (χ0v) is 13.6. The van der Waals surface area contributed by atoms with Crippen molar-refractivity contribution < 1.29 is 4.79 Å². The van der Waals surface area contributed by atoms with Crippen LogP contribution >= 0.6 is 0 Å². The smallest absolute Gasteiger partial charge is 0.240 e. The Labute approximate surface area is 139 Å². The van der Waals surface area contributed by atoms with Gasteiger partial charge in [-0.15, -0.1) is 0 Å². The Morgan fingerprint density at radius 3 is 2.58 bits per heavy atom. The number of nitrogens with zero attached hydrogens (tertiary/aromatic N) is 2. The number of hydrogen-bond acceptors (Lipinski definition) is 3. The van der Waals surface area contributed by atoms with E-state index in [-0.39, 0.29) is 11.8 Å². The molecule has 0 saturated carbocycles. The van der Waals surface area contributed by atoms with Gasteiger partial charge in [0.15, 0.2) is 0 Å². The minimum Gasteiger partial charge on any atom is -0.338 e. The molecule has 0 fully saturated rings. The third-order valence-electron chi connectivity index (χ3n) is 4.36. The van der Waals surface area contributed by atoms with E-state index in [4.69, 9.17) is 0 Å². The molecule has 5 heteroatoms. The van der Waals surface area contributed by atoms with Gasteiger partial charge in [0.05, 0.1) is 16.7 Å². The third-order valence-corrected chi connectivity index (χ3v) is 4.36. The van der Waals surface area contributed by atoms with E-state index in [1.807, 2.05) is 25.1 Å². The predicted octanol–water partition coefficient (Wildman–Crippen LogP) is 3.40. The van der Waals surface area contributed by atoms with Crippen LogP contribution in [0.1, 0.15) is 24.5 Å². The first-order valence-electron chi connectivity index (χ1n) is 8.04. The molecule has 0 saturated heterocycles. The van der Waals surface area contributed by atoms with E-state index in [2.05, 4.69) is 51.7 Å². The van der Waals surface area contributed by atoms with Gasteiger partial charge in [0.1, 0.15) is 5.82 Å². The summed E-state index contributed by atoms with van der Waals surface area (Å²) in [6.07, 6.45) is 0.467. The average Bonchev–Trinajstić information content (AvgIpc) is 2.98. The number of imidazole rings is 1. The maximum atomic E-state index is 11.4. The van der Waals surface area contributed by atoms with E-state index in [1.54, 1.807) is 0 Å². The van der Waals surface area contributed by atoms with E-state index in [0.29, 0.717) is 6.42 Å². The Morgan fingerprint density at radius 1 is 1.08 bits per heavy atom. The van der Waals surface area contributed by atoms with Crippen molar-refractivity contribution in [1.29, 1.82) is 0 Å². The summed E-state index contributed by atoms with van der Waals surface area (Å²) in [6, 6.07) is 14.3. The van der Waals surface area contributed by atoms with E-state index in [9.17, 15) is 4.79 Å². The van der Waals surface area contributed by atoms with E-state index in [1.165, 1.54) is 5.56 Å². The molecule has 24 heavy (non-hydrogen) atoms. The second-order valence-corrected chi connectivity index (χ2v) is 6.32. The number of fused-ring (bicyclic) bond motifs is 1. The number of amides is 1. The van der Waals surface area contributed by atoms with Crippen molar-refractivity contribution in [2.75, 3.05) is 0 Å². The number of aromatic nitrogens is 2. The first-order chi connectivity index (χ1) is 11.6. The number of carbonyl (C=O) groups is 1. The molecule has 1 aliphatic rings. The van der Waals surface area contributed by atoms with Crippen LogP contribution in [0.4, 0.5) is 0 Å². The van der Waals surface area contributed by atoms with Gasteiger partial charge in [0.25, 0.3) is 0 Å². The molecule has 1 amide bonds. The van der Waals surface area contributed by atoms with Crippen molar-refractivity contribution in [2.45, 2.75) is 20.3 Å². The van der Waals surface area contributed by atoms with Crippen LogP contribution in [-0.2, 0) is 4.79 Å². The first-order valence-corrected chi connectivity index (χ1v) is 8.04. The molecule has 2 heterocycles. The van der Waals surface area contributed by atoms with Gasteiger partial charge in [-0.05, 0) is 19.1 Å². The summed E-state index contributed by atoms with van der Waals surface area (Å²) >= 11 is 0. The summed E-state index contributed by atoms with van der Waals surface area (Å²) < 4.78 is 0. The van der Waals surface area contributed by atoms with Crippen LogP contribution in [-0.4, -0.2) is 21.6 Å². The molecular formula is C19H18N4O. The number of aryl methyl sites for hydroxylation is 1. The lowest BCUT2D eigenvalue weighted by Gasteiger charge is -2.18. The molecule has 1 unspecified atom stereocenters. The monoisotopic (exact) mass is 318 g/mol. The largest absolute Gasteiger partial charge is 0.338 e. The van der Waals surface area contributed by atoms with Crippen molar-refractivity contribution in [2.24, 2.45) is 11.0 Å². The predicted molar refractivity (Wildman–Crippen MR) is 94.7 cm³/mol. The highest BCUT2D eigenvalue weighted by molar-refractivity contribution is 6.07. The Morgan fingerprint density at radius 2 is 1.83 bits per heavy atom.